The van der Waals surface area contributed by atoms with Gasteiger partial charge in [-0.05, 0) is 38.4 Å². The zero-order valence-electron chi connectivity index (χ0n) is 12.4. The third-order valence-corrected chi connectivity index (χ3v) is 3.66. The average molecular weight is 255 g/mol. The Morgan fingerprint density at radius 2 is 1.94 bits per heavy atom. The molecule has 1 rings (SSSR count). The van der Waals surface area contributed by atoms with Crippen molar-refractivity contribution in [1.29, 1.82) is 0 Å². The molecule has 0 bridgehead atoms. The summed E-state index contributed by atoms with van der Waals surface area (Å²) in [6, 6.07) is 0.584. The first-order valence-electron chi connectivity index (χ1n) is 7.15. The van der Waals surface area contributed by atoms with Gasteiger partial charge in [-0.25, -0.2) is 0 Å². The molecule has 4 heteroatoms. The number of carbonyl (C=O) groups is 1. The molecule has 0 spiro atoms. The number of nitrogens with one attached hydrogen (secondary N) is 1. The van der Waals surface area contributed by atoms with E-state index in [0.29, 0.717) is 12.5 Å². The van der Waals surface area contributed by atoms with E-state index in [0.717, 1.165) is 32.1 Å². The van der Waals surface area contributed by atoms with E-state index >= 15 is 0 Å². The lowest BCUT2D eigenvalue weighted by Crippen LogP contribution is -2.40. The van der Waals surface area contributed by atoms with Crippen molar-refractivity contribution in [2.45, 2.75) is 39.2 Å². The topological polar surface area (TPSA) is 35.6 Å². The highest BCUT2D eigenvalue weighted by atomic mass is 16.2. The molecule has 0 radical (unpaired) electrons. The van der Waals surface area contributed by atoms with Gasteiger partial charge in [0, 0.05) is 33.1 Å². The smallest absolute Gasteiger partial charge is 0.223 e. The van der Waals surface area contributed by atoms with Crippen LogP contribution in [0.3, 0.4) is 0 Å². The van der Waals surface area contributed by atoms with Crippen LogP contribution in [-0.2, 0) is 4.79 Å². The number of rotatable bonds is 6. The molecule has 1 heterocycles. The van der Waals surface area contributed by atoms with Crippen molar-refractivity contribution in [1.82, 2.24) is 15.1 Å². The first kappa shape index (κ1) is 15.4. The van der Waals surface area contributed by atoms with Crippen LogP contribution in [0.1, 0.15) is 33.1 Å². The molecule has 0 aliphatic carbocycles. The fourth-order valence-electron chi connectivity index (χ4n) is 2.29. The van der Waals surface area contributed by atoms with E-state index in [9.17, 15) is 4.79 Å². The van der Waals surface area contributed by atoms with Crippen LogP contribution in [-0.4, -0.2) is 62.0 Å². The maximum atomic E-state index is 11.5. The van der Waals surface area contributed by atoms with Crippen molar-refractivity contribution in [3.63, 3.8) is 0 Å². The van der Waals surface area contributed by atoms with E-state index < -0.39 is 0 Å². The minimum Gasteiger partial charge on any atom is -0.349 e. The Labute approximate surface area is 112 Å². The second-order valence-electron chi connectivity index (χ2n) is 5.89. The molecule has 106 valence electrons. The second-order valence-corrected chi connectivity index (χ2v) is 5.89. The fraction of sp³-hybridized carbons (Fsp3) is 0.929. The highest BCUT2D eigenvalue weighted by Crippen LogP contribution is 2.16. The normalized spacial score (nSPS) is 18.3. The maximum absolute atomic E-state index is 11.5. The monoisotopic (exact) mass is 255 g/mol. The van der Waals surface area contributed by atoms with Crippen LogP contribution in [0.15, 0.2) is 0 Å². The van der Waals surface area contributed by atoms with Gasteiger partial charge in [-0.3, -0.25) is 4.79 Å². The quantitative estimate of drug-likeness (QED) is 0.774. The summed E-state index contributed by atoms with van der Waals surface area (Å²) in [5.41, 5.74) is 0. The number of hydrogen-bond donors (Lipinski definition) is 1. The minimum absolute atomic E-state index is 0.235. The van der Waals surface area contributed by atoms with Crippen molar-refractivity contribution in [3.05, 3.63) is 0 Å². The predicted molar refractivity (Wildman–Crippen MR) is 75.6 cm³/mol. The van der Waals surface area contributed by atoms with Crippen LogP contribution >= 0.6 is 0 Å². The van der Waals surface area contributed by atoms with Crippen molar-refractivity contribution >= 4 is 5.91 Å². The SMILES string of the molecule is CC(C)NCC1CCN(CCC(=O)N(C)C)CC1. The fourth-order valence-corrected chi connectivity index (χ4v) is 2.29. The number of nitrogens with zero attached hydrogens (tertiary/aromatic N) is 2. The zero-order chi connectivity index (χ0) is 13.5. The maximum Gasteiger partial charge on any atom is 0.223 e. The summed E-state index contributed by atoms with van der Waals surface area (Å²) in [5, 5.41) is 3.52. The van der Waals surface area contributed by atoms with Crippen molar-refractivity contribution in [2.24, 2.45) is 5.92 Å². The zero-order valence-corrected chi connectivity index (χ0v) is 12.4. The summed E-state index contributed by atoms with van der Waals surface area (Å²) in [5.74, 6) is 1.05. The molecule has 0 aromatic carbocycles. The van der Waals surface area contributed by atoms with Crippen LogP contribution in [0, 0.1) is 5.92 Å². The van der Waals surface area contributed by atoms with Gasteiger partial charge in [0.25, 0.3) is 0 Å². The lowest BCUT2D eigenvalue weighted by Gasteiger charge is -2.32. The molecular weight excluding hydrogens is 226 g/mol. The summed E-state index contributed by atoms with van der Waals surface area (Å²) in [6.07, 6.45) is 3.17. The minimum atomic E-state index is 0.235. The van der Waals surface area contributed by atoms with E-state index in [4.69, 9.17) is 0 Å². The molecule has 1 aliphatic heterocycles. The van der Waals surface area contributed by atoms with Gasteiger partial charge < -0.3 is 15.1 Å². The van der Waals surface area contributed by atoms with Gasteiger partial charge >= 0.3 is 0 Å². The Hall–Kier alpha value is -0.610. The molecule has 0 saturated carbocycles. The van der Waals surface area contributed by atoms with Crippen LogP contribution in [0.25, 0.3) is 0 Å². The number of hydrogen-bond acceptors (Lipinski definition) is 3. The largest absolute Gasteiger partial charge is 0.349 e. The lowest BCUT2D eigenvalue weighted by molar-refractivity contribution is -0.129. The molecule has 1 saturated heterocycles. The highest BCUT2D eigenvalue weighted by Gasteiger charge is 2.19. The van der Waals surface area contributed by atoms with Gasteiger partial charge in [-0.15, -0.1) is 0 Å². The number of carbonyl (C=O) groups excluding carboxylic acids is 1. The first-order chi connectivity index (χ1) is 8.49. The van der Waals surface area contributed by atoms with Gasteiger partial charge in [0.05, 0.1) is 0 Å². The van der Waals surface area contributed by atoms with Crippen LogP contribution < -0.4 is 5.32 Å². The summed E-state index contributed by atoms with van der Waals surface area (Å²) < 4.78 is 0. The van der Waals surface area contributed by atoms with E-state index in [1.807, 2.05) is 14.1 Å². The number of amides is 1. The summed E-state index contributed by atoms with van der Waals surface area (Å²) in [6.45, 7) is 8.74. The Kier molecular flexibility index (Phi) is 6.65. The molecule has 18 heavy (non-hydrogen) atoms. The third-order valence-electron chi connectivity index (χ3n) is 3.66. The number of likely N-dealkylation sites (tertiary alicyclic amines) is 1. The van der Waals surface area contributed by atoms with Crippen LogP contribution in [0.5, 0.6) is 0 Å². The van der Waals surface area contributed by atoms with Gasteiger partial charge in [-0.1, -0.05) is 13.8 Å². The van der Waals surface area contributed by atoms with E-state index in [2.05, 4.69) is 24.1 Å². The molecule has 4 nitrogen and oxygen atoms in total. The van der Waals surface area contributed by atoms with Gasteiger partial charge in [0.1, 0.15) is 0 Å². The highest BCUT2D eigenvalue weighted by molar-refractivity contribution is 5.75. The molecule has 0 aromatic rings. The van der Waals surface area contributed by atoms with Crippen molar-refractivity contribution in [2.75, 3.05) is 40.3 Å². The van der Waals surface area contributed by atoms with Gasteiger partial charge in [-0.2, -0.15) is 0 Å². The van der Waals surface area contributed by atoms with E-state index in [1.165, 1.54) is 12.8 Å². The van der Waals surface area contributed by atoms with E-state index in [1.54, 1.807) is 4.90 Å². The Morgan fingerprint density at radius 1 is 1.33 bits per heavy atom. The van der Waals surface area contributed by atoms with Gasteiger partial charge in [0.2, 0.25) is 5.91 Å². The average Bonchev–Trinajstić information content (AvgIpc) is 2.34. The summed E-state index contributed by atoms with van der Waals surface area (Å²) in [7, 11) is 3.65. The first-order valence-corrected chi connectivity index (χ1v) is 7.15. The molecule has 1 N–H and O–H groups in total. The van der Waals surface area contributed by atoms with Crippen molar-refractivity contribution < 1.29 is 4.79 Å². The van der Waals surface area contributed by atoms with Crippen LogP contribution in [0.4, 0.5) is 0 Å². The molecule has 0 atom stereocenters. The second kappa shape index (κ2) is 7.74. The summed E-state index contributed by atoms with van der Waals surface area (Å²) in [4.78, 5) is 15.6. The molecular formula is C14H29N3O. The Balaban J connectivity index is 2.13. The third kappa shape index (κ3) is 5.83. The van der Waals surface area contributed by atoms with Crippen LogP contribution in [0.2, 0.25) is 0 Å². The van der Waals surface area contributed by atoms with E-state index in [-0.39, 0.29) is 5.91 Å². The predicted octanol–water partition coefficient (Wildman–Crippen LogP) is 1.17. The van der Waals surface area contributed by atoms with Gasteiger partial charge in [0.15, 0.2) is 0 Å². The molecule has 1 fully saturated rings. The Bertz CT molecular complexity index is 245. The molecule has 0 unspecified atom stereocenters. The number of piperidine rings is 1. The van der Waals surface area contributed by atoms with Crippen molar-refractivity contribution in [3.8, 4) is 0 Å². The molecule has 0 aromatic heterocycles. The Morgan fingerprint density at radius 3 is 2.44 bits per heavy atom. The standard InChI is InChI=1S/C14H29N3O/c1-12(2)15-11-13-5-8-17(9-6-13)10-7-14(18)16(3)4/h12-13,15H,5-11H2,1-4H3. The summed E-state index contributed by atoms with van der Waals surface area (Å²) >= 11 is 0. The molecule has 1 amide bonds. The molecule has 1 aliphatic rings. The lowest BCUT2D eigenvalue weighted by atomic mass is 9.96.